The summed E-state index contributed by atoms with van der Waals surface area (Å²) in [6, 6.07) is 4.45. The van der Waals surface area contributed by atoms with Crippen LogP contribution in [0.3, 0.4) is 0 Å². The first-order valence-electron chi connectivity index (χ1n) is 10.7. The molecule has 1 aromatic carbocycles. The van der Waals surface area contributed by atoms with Gasteiger partial charge in [-0.2, -0.15) is 0 Å². The number of aromatic hydroxyl groups is 1. The average Bonchev–Trinajstić information content (AvgIpc) is 2.76. The van der Waals surface area contributed by atoms with E-state index in [-0.39, 0.29) is 5.41 Å². The zero-order chi connectivity index (χ0) is 18.4. The number of phenolic OH excluding ortho intramolecular Hbond substituents is 1. The van der Waals surface area contributed by atoms with Gasteiger partial charge < -0.3 is 5.11 Å². The molecule has 1 nitrogen and oxygen atoms in total. The maximum absolute atomic E-state index is 10.9. The predicted octanol–water partition coefficient (Wildman–Crippen LogP) is 7.63. The van der Waals surface area contributed by atoms with Gasteiger partial charge in [0.15, 0.2) is 0 Å². The zero-order valence-electron chi connectivity index (χ0n) is 17.3. The van der Waals surface area contributed by atoms with E-state index in [1.54, 1.807) is 0 Å². The van der Waals surface area contributed by atoms with Gasteiger partial charge in [-0.15, -0.1) is 0 Å². The monoisotopic (exact) mass is 344 g/mol. The number of hydrogen-bond acceptors (Lipinski definition) is 1. The molecule has 0 spiro atoms. The van der Waals surface area contributed by atoms with E-state index in [4.69, 9.17) is 0 Å². The Balaban J connectivity index is 2.21. The average molecular weight is 345 g/mol. The van der Waals surface area contributed by atoms with Crippen LogP contribution in [-0.4, -0.2) is 5.11 Å². The normalized spacial score (nSPS) is 22.0. The van der Waals surface area contributed by atoms with E-state index < -0.39 is 0 Å². The standard InChI is InChI=1S/C24H40O/c1-6-7-8-12-15-24(4,5)20-16-19(3)23(22(25)17-20)21-14-11-9-10-13-18(21)2/h16-18,21,25H,6-15H2,1-5H3. The van der Waals surface area contributed by atoms with E-state index in [1.807, 2.05) is 0 Å². The van der Waals surface area contributed by atoms with Crippen molar-refractivity contribution >= 4 is 0 Å². The van der Waals surface area contributed by atoms with Crippen LogP contribution in [0.15, 0.2) is 12.1 Å². The van der Waals surface area contributed by atoms with Crippen LogP contribution in [0.2, 0.25) is 0 Å². The van der Waals surface area contributed by atoms with Gasteiger partial charge in [0.25, 0.3) is 0 Å². The lowest BCUT2D eigenvalue weighted by Gasteiger charge is -2.29. The fourth-order valence-corrected chi connectivity index (χ4v) is 4.71. The van der Waals surface area contributed by atoms with Crippen molar-refractivity contribution in [2.24, 2.45) is 5.92 Å². The Kier molecular flexibility index (Phi) is 7.40. The van der Waals surface area contributed by atoms with E-state index in [1.165, 1.54) is 80.9 Å². The van der Waals surface area contributed by atoms with Gasteiger partial charge in [0.05, 0.1) is 0 Å². The molecule has 1 N–H and O–H groups in total. The largest absolute Gasteiger partial charge is 0.508 e. The molecule has 142 valence electrons. The summed E-state index contributed by atoms with van der Waals surface area (Å²) in [6.45, 7) is 11.5. The zero-order valence-corrected chi connectivity index (χ0v) is 17.3. The summed E-state index contributed by atoms with van der Waals surface area (Å²) in [5.41, 5.74) is 3.99. The van der Waals surface area contributed by atoms with Gasteiger partial charge in [-0.05, 0) is 54.2 Å². The molecule has 2 atom stereocenters. The summed E-state index contributed by atoms with van der Waals surface area (Å²) >= 11 is 0. The first kappa shape index (κ1) is 20.3. The minimum atomic E-state index is 0.142. The van der Waals surface area contributed by atoms with Crippen molar-refractivity contribution in [2.45, 2.75) is 110 Å². The Hall–Kier alpha value is -0.980. The summed E-state index contributed by atoms with van der Waals surface area (Å²) in [7, 11) is 0. The highest BCUT2D eigenvalue weighted by Crippen LogP contribution is 2.43. The van der Waals surface area contributed by atoms with Crippen LogP contribution in [0.1, 0.15) is 115 Å². The van der Waals surface area contributed by atoms with Crippen LogP contribution < -0.4 is 0 Å². The minimum Gasteiger partial charge on any atom is -0.508 e. The van der Waals surface area contributed by atoms with Gasteiger partial charge in [-0.3, -0.25) is 0 Å². The molecule has 0 saturated heterocycles. The first-order valence-corrected chi connectivity index (χ1v) is 10.7. The highest BCUT2D eigenvalue weighted by molar-refractivity contribution is 5.47. The van der Waals surface area contributed by atoms with E-state index in [9.17, 15) is 5.11 Å². The van der Waals surface area contributed by atoms with Gasteiger partial charge >= 0.3 is 0 Å². The van der Waals surface area contributed by atoms with Crippen LogP contribution in [0, 0.1) is 12.8 Å². The molecule has 1 aromatic rings. The summed E-state index contributed by atoms with van der Waals surface area (Å²) < 4.78 is 0. The number of aryl methyl sites for hydroxylation is 1. The number of unbranched alkanes of at least 4 members (excludes halogenated alkanes) is 3. The highest BCUT2D eigenvalue weighted by atomic mass is 16.3. The topological polar surface area (TPSA) is 20.2 Å². The molecule has 0 amide bonds. The van der Waals surface area contributed by atoms with Crippen LogP contribution >= 0.6 is 0 Å². The van der Waals surface area contributed by atoms with Crippen molar-refractivity contribution in [3.63, 3.8) is 0 Å². The molecule has 0 aliphatic heterocycles. The van der Waals surface area contributed by atoms with Crippen LogP contribution in [0.25, 0.3) is 0 Å². The second-order valence-corrected chi connectivity index (χ2v) is 9.14. The lowest BCUT2D eigenvalue weighted by atomic mass is 9.76. The Morgan fingerprint density at radius 3 is 2.44 bits per heavy atom. The lowest BCUT2D eigenvalue weighted by molar-refractivity contribution is 0.399. The third kappa shape index (κ3) is 5.25. The first-order chi connectivity index (χ1) is 11.9. The summed E-state index contributed by atoms with van der Waals surface area (Å²) in [5, 5.41) is 10.9. The van der Waals surface area contributed by atoms with E-state index >= 15 is 0 Å². The Bertz CT molecular complexity index is 520. The molecule has 2 rings (SSSR count). The number of phenols is 1. The van der Waals surface area contributed by atoms with Crippen molar-refractivity contribution in [3.8, 4) is 5.75 Å². The molecule has 1 heteroatoms. The Labute approximate surface area is 156 Å². The molecule has 25 heavy (non-hydrogen) atoms. The van der Waals surface area contributed by atoms with Crippen molar-refractivity contribution in [2.75, 3.05) is 0 Å². The van der Waals surface area contributed by atoms with Gasteiger partial charge in [0, 0.05) is 5.56 Å². The van der Waals surface area contributed by atoms with E-state index in [0.717, 1.165) is 0 Å². The fraction of sp³-hybridized carbons (Fsp3) is 0.750. The summed E-state index contributed by atoms with van der Waals surface area (Å²) in [6.07, 6.45) is 13.0. The Morgan fingerprint density at radius 2 is 1.76 bits per heavy atom. The number of benzene rings is 1. The van der Waals surface area contributed by atoms with Crippen molar-refractivity contribution in [3.05, 3.63) is 28.8 Å². The van der Waals surface area contributed by atoms with Crippen LogP contribution in [-0.2, 0) is 5.41 Å². The summed E-state index contributed by atoms with van der Waals surface area (Å²) in [4.78, 5) is 0. The van der Waals surface area contributed by atoms with Gasteiger partial charge in [-0.1, -0.05) is 85.1 Å². The molecule has 2 unspecified atom stereocenters. The third-order valence-corrected chi connectivity index (χ3v) is 6.53. The molecule has 0 bridgehead atoms. The quantitative estimate of drug-likeness (QED) is 0.398. The van der Waals surface area contributed by atoms with Gasteiger partial charge in [0.2, 0.25) is 0 Å². The molecule has 1 fully saturated rings. The number of rotatable bonds is 7. The predicted molar refractivity (Wildman–Crippen MR) is 110 cm³/mol. The van der Waals surface area contributed by atoms with Crippen LogP contribution in [0.4, 0.5) is 0 Å². The molecule has 1 aliphatic carbocycles. The fourth-order valence-electron chi connectivity index (χ4n) is 4.71. The maximum Gasteiger partial charge on any atom is 0.119 e. The maximum atomic E-state index is 10.9. The SMILES string of the molecule is CCCCCCC(C)(C)c1cc(C)c(C2CCCCCC2C)c(O)c1. The molecular weight excluding hydrogens is 304 g/mol. The van der Waals surface area contributed by atoms with Crippen molar-refractivity contribution < 1.29 is 5.11 Å². The highest BCUT2D eigenvalue weighted by Gasteiger charge is 2.28. The van der Waals surface area contributed by atoms with Gasteiger partial charge in [0.1, 0.15) is 5.75 Å². The van der Waals surface area contributed by atoms with E-state index in [2.05, 4.69) is 46.8 Å². The molecular formula is C24H40O. The number of hydrogen-bond donors (Lipinski definition) is 1. The molecule has 0 aromatic heterocycles. The summed E-state index contributed by atoms with van der Waals surface area (Å²) in [5.74, 6) is 1.76. The van der Waals surface area contributed by atoms with Crippen molar-refractivity contribution in [1.29, 1.82) is 0 Å². The van der Waals surface area contributed by atoms with Crippen LogP contribution in [0.5, 0.6) is 5.75 Å². The molecule has 1 aliphatic rings. The minimum absolute atomic E-state index is 0.142. The molecule has 0 heterocycles. The second kappa shape index (κ2) is 9.10. The van der Waals surface area contributed by atoms with Crippen molar-refractivity contribution in [1.82, 2.24) is 0 Å². The second-order valence-electron chi connectivity index (χ2n) is 9.14. The molecule has 0 radical (unpaired) electrons. The third-order valence-electron chi connectivity index (χ3n) is 6.53. The van der Waals surface area contributed by atoms with E-state index in [0.29, 0.717) is 17.6 Å². The lowest BCUT2D eigenvalue weighted by Crippen LogP contribution is -2.18. The Morgan fingerprint density at radius 1 is 1.04 bits per heavy atom. The smallest absolute Gasteiger partial charge is 0.119 e. The molecule has 1 saturated carbocycles. The van der Waals surface area contributed by atoms with Gasteiger partial charge in [-0.25, -0.2) is 0 Å².